The summed E-state index contributed by atoms with van der Waals surface area (Å²) < 4.78 is 0. The highest BCUT2D eigenvalue weighted by Gasteiger charge is 2.32. The van der Waals surface area contributed by atoms with Crippen LogP contribution in [0.25, 0.3) is 0 Å². The minimum Gasteiger partial charge on any atom is -0.396 e. The maximum atomic E-state index is 12.0. The van der Waals surface area contributed by atoms with Gasteiger partial charge < -0.3 is 15.7 Å². The fourth-order valence-corrected chi connectivity index (χ4v) is 1.83. The van der Waals surface area contributed by atoms with Crippen LogP contribution in [0.15, 0.2) is 0 Å². The van der Waals surface area contributed by atoms with Gasteiger partial charge in [-0.1, -0.05) is 6.92 Å². The van der Waals surface area contributed by atoms with Crippen LogP contribution in [0.3, 0.4) is 0 Å². The Morgan fingerprint density at radius 1 is 1.53 bits per heavy atom. The Bertz CT molecular complexity index is 221. The van der Waals surface area contributed by atoms with E-state index in [1.807, 2.05) is 11.8 Å². The zero-order chi connectivity index (χ0) is 11.5. The summed E-state index contributed by atoms with van der Waals surface area (Å²) in [4.78, 5) is 13.8. The molecule has 4 heteroatoms. The molecule has 1 atom stereocenters. The lowest BCUT2D eigenvalue weighted by Gasteiger charge is -2.36. The molecule has 0 aromatic carbocycles. The van der Waals surface area contributed by atoms with Crippen LogP contribution in [0.5, 0.6) is 0 Å². The molecule has 0 aliphatic carbocycles. The van der Waals surface area contributed by atoms with Gasteiger partial charge >= 0.3 is 0 Å². The average Bonchev–Trinajstić information content (AvgIpc) is 2.28. The van der Waals surface area contributed by atoms with Crippen molar-refractivity contribution in [3.05, 3.63) is 0 Å². The van der Waals surface area contributed by atoms with Gasteiger partial charge in [-0.3, -0.25) is 4.79 Å². The van der Waals surface area contributed by atoms with Crippen molar-refractivity contribution in [2.45, 2.75) is 38.6 Å². The SMILES string of the molecule is CCC(C)(N)C(=O)N1CCC(CO)CC1. The summed E-state index contributed by atoms with van der Waals surface area (Å²) in [6.07, 6.45) is 2.44. The molecule has 1 unspecified atom stereocenters. The first-order valence-electron chi connectivity index (χ1n) is 5.70. The molecule has 1 amide bonds. The van der Waals surface area contributed by atoms with Gasteiger partial charge in [0, 0.05) is 19.7 Å². The van der Waals surface area contributed by atoms with Gasteiger partial charge in [-0.2, -0.15) is 0 Å². The molecular weight excluding hydrogens is 192 g/mol. The molecule has 3 N–H and O–H groups in total. The maximum Gasteiger partial charge on any atom is 0.242 e. The van der Waals surface area contributed by atoms with Crippen molar-refractivity contribution in [1.82, 2.24) is 4.90 Å². The van der Waals surface area contributed by atoms with Gasteiger partial charge in [0.05, 0.1) is 5.54 Å². The molecule has 0 bridgehead atoms. The van der Waals surface area contributed by atoms with E-state index < -0.39 is 5.54 Å². The first-order valence-corrected chi connectivity index (χ1v) is 5.70. The number of amides is 1. The molecule has 0 aromatic heterocycles. The third-order valence-electron chi connectivity index (χ3n) is 3.38. The predicted octanol–water partition coefficient (Wildman–Crippen LogP) is 0.345. The number of hydrogen-bond acceptors (Lipinski definition) is 3. The van der Waals surface area contributed by atoms with E-state index in [0.29, 0.717) is 12.3 Å². The van der Waals surface area contributed by atoms with E-state index in [1.165, 1.54) is 0 Å². The summed E-state index contributed by atoms with van der Waals surface area (Å²) in [6.45, 7) is 5.41. The Morgan fingerprint density at radius 3 is 2.47 bits per heavy atom. The lowest BCUT2D eigenvalue weighted by molar-refractivity contribution is -0.138. The summed E-state index contributed by atoms with van der Waals surface area (Å²) in [5.74, 6) is 0.404. The largest absolute Gasteiger partial charge is 0.396 e. The third kappa shape index (κ3) is 2.92. The second-order valence-electron chi connectivity index (χ2n) is 4.69. The lowest BCUT2D eigenvalue weighted by Crippen LogP contribution is -2.54. The third-order valence-corrected chi connectivity index (χ3v) is 3.38. The van der Waals surface area contributed by atoms with Crippen molar-refractivity contribution in [1.29, 1.82) is 0 Å². The van der Waals surface area contributed by atoms with Crippen LogP contribution in [0.1, 0.15) is 33.1 Å². The van der Waals surface area contributed by atoms with Gasteiger partial charge in [0.1, 0.15) is 0 Å². The average molecular weight is 214 g/mol. The molecule has 15 heavy (non-hydrogen) atoms. The van der Waals surface area contributed by atoms with Crippen LogP contribution in [-0.4, -0.2) is 41.1 Å². The summed E-state index contributed by atoms with van der Waals surface area (Å²) in [7, 11) is 0. The topological polar surface area (TPSA) is 66.6 Å². The Balaban J connectivity index is 2.50. The van der Waals surface area contributed by atoms with Crippen molar-refractivity contribution in [3.63, 3.8) is 0 Å². The Hall–Kier alpha value is -0.610. The van der Waals surface area contributed by atoms with E-state index >= 15 is 0 Å². The molecule has 1 rings (SSSR count). The molecule has 1 heterocycles. The number of nitrogens with two attached hydrogens (primary N) is 1. The van der Waals surface area contributed by atoms with Gasteiger partial charge in [-0.25, -0.2) is 0 Å². The highest BCUT2D eigenvalue weighted by atomic mass is 16.3. The van der Waals surface area contributed by atoms with Gasteiger partial charge in [-0.05, 0) is 32.1 Å². The Morgan fingerprint density at radius 2 is 2.07 bits per heavy atom. The van der Waals surface area contributed by atoms with Crippen LogP contribution >= 0.6 is 0 Å². The number of hydrogen-bond donors (Lipinski definition) is 2. The van der Waals surface area contributed by atoms with Gasteiger partial charge in [0.25, 0.3) is 0 Å². The molecule has 0 spiro atoms. The minimum atomic E-state index is -0.730. The van der Waals surface area contributed by atoms with Crippen molar-refractivity contribution < 1.29 is 9.90 Å². The van der Waals surface area contributed by atoms with Crippen molar-refractivity contribution >= 4 is 5.91 Å². The first-order chi connectivity index (χ1) is 7.01. The molecule has 1 fully saturated rings. The Kier molecular flexibility index (Phi) is 4.11. The molecule has 88 valence electrons. The van der Waals surface area contributed by atoms with Gasteiger partial charge in [0.2, 0.25) is 5.91 Å². The number of rotatable bonds is 3. The summed E-state index contributed by atoms with van der Waals surface area (Å²) in [6, 6.07) is 0. The number of carbonyl (C=O) groups is 1. The lowest BCUT2D eigenvalue weighted by atomic mass is 9.93. The quantitative estimate of drug-likeness (QED) is 0.712. The van der Waals surface area contributed by atoms with Crippen molar-refractivity contribution in [2.24, 2.45) is 11.7 Å². The second kappa shape index (κ2) is 4.94. The molecule has 1 aliphatic heterocycles. The highest BCUT2D eigenvalue weighted by Crippen LogP contribution is 2.19. The van der Waals surface area contributed by atoms with E-state index in [-0.39, 0.29) is 12.5 Å². The fourth-order valence-electron chi connectivity index (χ4n) is 1.83. The molecular formula is C11H22N2O2. The number of carbonyl (C=O) groups excluding carboxylic acids is 1. The summed E-state index contributed by atoms with van der Waals surface area (Å²) in [5, 5.41) is 8.99. The van der Waals surface area contributed by atoms with E-state index in [0.717, 1.165) is 25.9 Å². The number of aliphatic hydroxyl groups is 1. The van der Waals surface area contributed by atoms with Crippen molar-refractivity contribution in [2.75, 3.05) is 19.7 Å². The van der Waals surface area contributed by atoms with Gasteiger partial charge in [-0.15, -0.1) is 0 Å². The maximum absolute atomic E-state index is 12.0. The first kappa shape index (κ1) is 12.5. The number of nitrogens with zero attached hydrogens (tertiary/aromatic N) is 1. The highest BCUT2D eigenvalue weighted by molar-refractivity contribution is 5.85. The number of piperidine rings is 1. The smallest absolute Gasteiger partial charge is 0.242 e. The zero-order valence-corrected chi connectivity index (χ0v) is 9.70. The van der Waals surface area contributed by atoms with Crippen molar-refractivity contribution in [3.8, 4) is 0 Å². The van der Waals surface area contributed by atoms with Gasteiger partial charge in [0.15, 0.2) is 0 Å². The second-order valence-corrected chi connectivity index (χ2v) is 4.69. The minimum absolute atomic E-state index is 0.0430. The Labute approximate surface area is 91.4 Å². The normalized spacial score (nSPS) is 22.5. The molecule has 0 aromatic rings. The number of aliphatic hydroxyl groups excluding tert-OH is 1. The van der Waals surface area contributed by atoms with Crippen LogP contribution in [0, 0.1) is 5.92 Å². The van der Waals surface area contributed by atoms with Crippen LogP contribution in [0.2, 0.25) is 0 Å². The molecule has 0 radical (unpaired) electrons. The standard InChI is InChI=1S/C11H22N2O2/c1-3-11(2,12)10(15)13-6-4-9(8-14)5-7-13/h9,14H,3-8,12H2,1-2H3. The number of likely N-dealkylation sites (tertiary alicyclic amines) is 1. The van der Waals surface area contributed by atoms with E-state index in [4.69, 9.17) is 10.8 Å². The summed E-state index contributed by atoms with van der Waals surface area (Å²) >= 11 is 0. The van der Waals surface area contributed by atoms with E-state index in [2.05, 4.69) is 0 Å². The predicted molar refractivity (Wildman–Crippen MR) is 59.3 cm³/mol. The fraction of sp³-hybridized carbons (Fsp3) is 0.909. The van der Waals surface area contributed by atoms with Crippen LogP contribution in [0.4, 0.5) is 0 Å². The van der Waals surface area contributed by atoms with E-state index in [1.54, 1.807) is 6.92 Å². The molecule has 0 saturated carbocycles. The molecule has 1 aliphatic rings. The monoisotopic (exact) mass is 214 g/mol. The zero-order valence-electron chi connectivity index (χ0n) is 9.70. The molecule has 1 saturated heterocycles. The molecule has 4 nitrogen and oxygen atoms in total. The summed E-state index contributed by atoms with van der Waals surface area (Å²) in [5.41, 5.74) is 5.19. The van der Waals surface area contributed by atoms with Crippen LogP contribution < -0.4 is 5.73 Å². The van der Waals surface area contributed by atoms with Crippen LogP contribution in [-0.2, 0) is 4.79 Å². The van der Waals surface area contributed by atoms with E-state index in [9.17, 15) is 4.79 Å².